The molecule has 0 saturated carbocycles. The van der Waals surface area contributed by atoms with E-state index < -0.39 is 22.3 Å². The Morgan fingerprint density at radius 3 is 2.60 bits per heavy atom. The molecule has 0 saturated heterocycles. The monoisotopic (exact) mass is 424 g/mol. The van der Waals surface area contributed by atoms with Gasteiger partial charge in [0.25, 0.3) is 0 Å². The van der Waals surface area contributed by atoms with Crippen molar-refractivity contribution in [3.05, 3.63) is 84.3 Å². The van der Waals surface area contributed by atoms with Crippen molar-refractivity contribution in [1.29, 1.82) is 0 Å². The zero-order valence-electron chi connectivity index (χ0n) is 16.6. The molecule has 2 heterocycles. The van der Waals surface area contributed by atoms with Gasteiger partial charge in [-0.1, -0.05) is 25.1 Å². The molecule has 4 aromatic rings. The van der Waals surface area contributed by atoms with Crippen LogP contribution in [0.3, 0.4) is 0 Å². The van der Waals surface area contributed by atoms with E-state index in [0.29, 0.717) is 11.3 Å². The van der Waals surface area contributed by atoms with Gasteiger partial charge < -0.3 is 5.11 Å². The van der Waals surface area contributed by atoms with Gasteiger partial charge in [-0.3, -0.25) is 9.19 Å². The predicted octanol–water partition coefficient (Wildman–Crippen LogP) is 3.39. The number of hydrogen-bond donors (Lipinski definition) is 1. The molecule has 0 bridgehead atoms. The molecule has 0 aliphatic carbocycles. The van der Waals surface area contributed by atoms with Gasteiger partial charge in [0.2, 0.25) is 0 Å². The quantitative estimate of drug-likeness (QED) is 0.513. The molecule has 0 amide bonds. The third kappa shape index (κ3) is 3.88. The number of fused-ring (bicyclic) bond motifs is 1. The topological polar surface area (TPSA) is 80.9 Å². The smallest absolute Gasteiger partial charge is 0.137 e. The summed E-state index contributed by atoms with van der Waals surface area (Å²) < 4.78 is 26.8. The van der Waals surface area contributed by atoms with Gasteiger partial charge in [-0.05, 0) is 42.0 Å². The van der Waals surface area contributed by atoms with E-state index in [1.165, 1.54) is 24.8 Å². The van der Waals surface area contributed by atoms with Crippen LogP contribution in [0.15, 0.2) is 72.1 Å². The SMILES string of the molecule is CC(c1ccc2cc(S(C)=O)ccc2n1)C(O)(Cn1cncn1)c1ccc(F)cc1. The Labute approximate surface area is 175 Å². The van der Waals surface area contributed by atoms with Crippen molar-refractivity contribution in [2.75, 3.05) is 6.26 Å². The molecule has 1 N–H and O–H groups in total. The molecular formula is C22H21FN4O2S. The molecule has 6 nitrogen and oxygen atoms in total. The van der Waals surface area contributed by atoms with Gasteiger partial charge in [0.15, 0.2) is 0 Å². The Bertz CT molecular complexity index is 1200. The lowest BCUT2D eigenvalue weighted by molar-refractivity contribution is -0.00909. The summed E-state index contributed by atoms with van der Waals surface area (Å²) in [4.78, 5) is 9.42. The molecule has 30 heavy (non-hydrogen) atoms. The van der Waals surface area contributed by atoms with E-state index in [9.17, 15) is 13.7 Å². The van der Waals surface area contributed by atoms with Gasteiger partial charge in [0.1, 0.15) is 24.1 Å². The second kappa shape index (κ2) is 8.04. The van der Waals surface area contributed by atoms with E-state index in [1.807, 2.05) is 31.2 Å². The van der Waals surface area contributed by atoms with E-state index in [1.54, 1.807) is 29.1 Å². The van der Waals surface area contributed by atoms with Crippen LogP contribution in [0.1, 0.15) is 24.1 Å². The Kier molecular flexibility index (Phi) is 5.44. The van der Waals surface area contributed by atoms with Crippen LogP contribution in [-0.2, 0) is 22.9 Å². The number of halogens is 1. The molecule has 3 unspecified atom stereocenters. The Morgan fingerprint density at radius 1 is 1.17 bits per heavy atom. The van der Waals surface area contributed by atoms with E-state index in [-0.39, 0.29) is 12.4 Å². The van der Waals surface area contributed by atoms with Crippen LogP contribution in [-0.4, -0.2) is 35.3 Å². The maximum Gasteiger partial charge on any atom is 0.137 e. The fourth-order valence-electron chi connectivity index (χ4n) is 3.56. The number of nitrogens with zero attached hydrogens (tertiary/aromatic N) is 4. The number of hydrogen-bond acceptors (Lipinski definition) is 5. The van der Waals surface area contributed by atoms with E-state index in [0.717, 1.165) is 15.8 Å². The minimum absolute atomic E-state index is 0.132. The largest absolute Gasteiger partial charge is 0.383 e. The molecule has 8 heteroatoms. The molecule has 154 valence electrons. The molecule has 0 spiro atoms. The van der Waals surface area contributed by atoms with Crippen LogP contribution in [0.2, 0.25) is 0 Å². The van der Waals surface area contributed by atoms with E-state index in [2.05, 4.69) is 10.1 Å². The summed E-state index contributed by atoms with van der Waals surface area (Å²) in [6.07, 6.45) is 4.57. The highest BCUT2D eigenvalue weighted by molar-refractivity contribution is 7.84. The summed E-state index contributed by atoms with van der Waals surface area (Å²) in [6.45, 7) is 2.01. The van der Waals surface area contributed by atoms with Crippen LogP contribution >= 0.6 is 0 Å². The fourth-order valence-corrected chi connectivity index (χ4v) is 4.11. The fraction of sp³-hybridized carbons (Fsp3) is 0.227. The summed E-state index contributed by atoms with van der Waals surface area (Å²) in [6, 6.07) is 15.0. The average Bonchev–Trinajstić information content (AvgIpc) is 3.25. The predicted molar refractivity (Wildman–Crippen MR) is 113 cm³/mol. The maximum absolute atomic E-state index is 13.5. The number of aliphatic hydroxyl groups is 1. The Morgan fingerprint density at radius 2 is 1.93 bits per heavy atom. The van der Waals surface area contributed by atoms with Gasteiger partial charge in [0, 0.05) is 38.9 Å². The van der Waals surface area contributed by atoms with Crippen molar-refractivity contribution < 1.29 is 13.7 Å². The van der Waals surface area contributed by atoms with Crippen molar-refractivity contribution in [2.24, 2.45) is 0 Å². The van der Waals surface area contributed by atoms with Crippen molar-refractivity contribution >= 4 is 21.7 Å². The molecule has 4 rings (SSSR count). The van der Waals surface area contributed by atoms with E-state index in [4.69, 9.17) is 4.98 Å². The zero-order valence-corrected chi connectivity index (χ0v) is 17.4. The van der Waals surface area contributed by atoms with Crippen molar-refractivity contribution in [3.63, 3.8) is 0 Å². The lowest BCUT2D eigenvalue weighted by Crippen LogP contribution is -2.37. The number of aromatic nitrogens is 4. The minimum atomic E-state index is -1.40. The van der Waals surface area contributed by atoms with E-state index >= 15 is 0 Å². The van der Waals surface area contributed by atoms with Crippen LogP contribution in [0, 0.1) is 5.82 Å². The average molecular weight is 425 g/mol. The van der Waals surface area contributed by atoms with Crippen molar-refractivity contribution in [2.45, 2.75) is 29.9 Å². The Balaban J connectivity index is 1.77. The standard InChI is InChI=1S/C22H21FN4O2S/c1-15(20-9-3-16-11-19(30(2)29)8-10-21(16)26-20)22(28,12-27-14-24-13-25-27)17-4-6-18(23)7-5-17/h3-11,13-15,28H,12H2,1-2H3. The third-order valence-electron chi connectivity index (χ3n) is 5.39. The van der Waals surface area contributed by atoms with Crippen molar-refractivity contribution in [1.82, 2.24) is 19.7 Å². The van der Waals surface area contributed by atoms with Crippen LogP contribution < -0.4 is 0 Å². The molecule has 0 aliphatic heterocycles. The van der Waals surface area contributed by atoms with Gasteiger partial charge in [-0.15, -0.1) is 0 Å². The third-order valence-corrected chi connectivity index (χ3v) is 6.31. The molecule has 2 aromatic heterocycles. The highest BCUT2D eigenvalue weighted by Gasteiger charge is 2.38. The molecular weight excluding hydrogens is 403 g/mol. The van der Waals surface area contributed by atoms with Crippen molar-refractivity contribution in [3.8, 4) is 0 Å². The minimum Gasteiger partial charge on any atom is -0.383 e. The molecule has 2 aromatic carbocycles. The molecule has 3 atom stereocenters. The number of rotatable bonds is 6. The van der Waals surface area contributed by atoms with Gasteiger partial charge in [-0.2, -0.15) is 5.10 Å². The van der Waals surface area contributed by atoms with Crippen LogP contribution in [0.4, 0.5) is 4.39 Å². The zero-order chi connectivity index (χ0) is 21.3. The second-order valence-corrected chi connectivity index (χ2v) is 8.67. The molecule has 0 fully saturated rings. The maximum atomic E-state index is 13.5. The lowest BCUT2D eigenvalue weighted by Gasteiger charge is -2.34. The first-order valence-corrected chi connectivity index (χ1v) is 11.0. The first-order chi connectivity index (χ1) is 14.4. The Hall–Kier alpha value is -2.97. The van der Waals surface area contributed by atoms with Gasteiger partial charge in [0.05, 0.1) is 12.1 Å². The number of benzene rings is 2. The highest BCUT2D eigenvalue weighted by atomic mass is 32.2. The normalized spacial score (nSPS) is 15.6. The van der Waals surface area contributed by atoms with Crippen LogP contribution in [0.5, 0.6) is 0 Å². The summed E-state index contributed by atoms with van der Waals surface area (Å²) in [5, 5.41) is 16.8. The summed E-state index contributed by atoms with van der Waals surface area (Å²) >= 11 is 0. The summed E-state index contributed by atoms with van der Waals surface area (Å²) in [7, 11) is -1.07. The lowest BCUT2D eigenvalue weighted by atomic mass is 9.80. The first kappa shape index (κ1) is 20.3. The summed E-state index contributed by atoms with van der Waals surface area (Å²) in [5.74, 6) is -0.806. The van der Waals surface area contributed by atoms with Gasteiger partial charge in [-0.25, -0.2) is 14.1 Å². The number of pyridine rings is 1. The molecule has 0 radical (unpaired) electrons. The molecule has 0 aliphatic rings. The first-order valence-electron chi connectivity index (χ1n) is 9.42. The van der Waals surface area contributed by atoms with Crippen LogP contribution in [0.25, 0.3) is 10.9 Å². The van der Waals surface area contributed by atoms with Gasteiger partial charge >= 0.3 is 0 Å². The summed E-state index contributed by atoms with van der Waals surface area (Å²) in [5.41, 5.74) is 0.591. The highest BCUT2D eigenvalue weighted by Crippen LogP contribution is 2.38. The second-order valence-electron chi connectivity index (χ2n) is 7.29.